The molecule has 0 heterocycles. The number of nitrogens with zero attached hydrogens (tertiary/aromatic N) is 2. The molecule has 0 aliphatic heterocycles. The summed E-state index contributed by atoms with van der Waals surface area (Å²) in [5.41, 5.74) is 1.23. The van der Waals surface area contributed by atoms with Gasteiger partial charge in [0.15, 0.2) is 0 Å². The van der Waals surface area contributed by atoms with Crippen molar-refractivity contribution in [3.63, 3.8) is 0 Å². The monoisotopic (exact) mass is 444 g/mol. The highest BCUT2D eigenvalue weighted by atomic mass is 79.9. The Labute approximate surface area is 161 Å². The van der Waals surface area contributed by atoms with Crippen LogP contribution in [0.4, 0.5) is 0 Å². The molecule has 0 spiro atoms. The van der Waals surface area contributed by atoms with Crippen molar-refractivity contribution in [2.45, 2.75) is 11.4 Å². The molecular weight excluding hydrogens is 428 g/mol. The predicted octanol–water partition coefficient (Wildman–Crippen LogP) is 3.63. The average Bonchev–Trinajstić information content (AvgIpc) is 2.56. The lowest BCUT2D eigenvalue weighted by molar-refractivity contribution is 0.0785. The van der Waals surface area contributed by atoms with Gasteiger partial charge >= 0.3 is 0 Å². The summed E-state index contributed by atoms with van der Waals surface area (Å²) in [4.78, 5) is 14.1. The highest BCUT2D eigenvalue weighted by Crippen LogP contribution is 2.25. The van der Waals surface area contributed by atoms with Gasteiger partial charge in [-0.3, -0.25) is 4.79 Å². The molecule has 0 aromatic heterocycles. The van der Waals surface area contributed by atoms with E-state index in [4.69, 9.17) is 11.6 Å². The number of benzene rings is 2. The maximum absolute atomic E-state index is 12.6. The van der Waals surface area contributed by atoms with Crippen molar-refractivity contribution in [3.8, 4) is 0 Å². The van der Waals surface area contributed by atoms with Crippen molar-refractivity contribution in [2.75, 3.05) is 21.1 Å². The van der Waals surface area contributed by atoms with E-state index in [9.17, 15) is 13.2 Å². The van der Waals surface area contributed by atoms with Crippen LogP contribution in [0.1, 0.15) is 15.9 Å². The van der Waals surface area contributed by atoms with Gasteiger partial charge in [-0.05, 0) is 35.9 Å². The third-order valence-electron chi connectivity index (χ3n) is 3.62. The minimum Gasteiger partial charge on any atom is -0.337 e. The van der Waals surface area contributed by atoms with E-state index >= 15 is 0 Å². The molecule has 2 aromatic rings. The molecule has 0 bridgehead atoms. The number of sulfonamides is 1. The van der Waals surface area contributed by atoms with E-state index in [2.05, 4.69) is 15.9 Å². The Morgan fingerprint density at radius 2 is 1.68 bits per heavy atom. The second-order valence-electron chi connectivity index (χ2n) is 5.72. The fourth-order valence-corrected chi connectivity index (χ4v) is 3.84. The molecule has 8 heteroatoms. The van der Waals surface area contributed by atoms with E-state index in [0.717, 1.165) is 14.3 Å². The molecule has 5 nitrogen and oxygen atoms in total. The van der Waals surface area contributed by atoms with E-state index in [0.29, 0.717) is 6.54 Å². The Morgan fingerprint density at radius 3 is 2.24 bits per heavy atom. The van der Waals surface area contributed by atoms with Crippen LogP contribution in [0, 0.1) is 0 Å². The van der Waals surface area contributed by atoms with Crippen LogP contribution in [0.15, 0.2) is 51.8 Å². The van der Waals surface area contributed by atoms with Gasteiger partial charge in [-0.25, -0.2) is 12.7 Å². The zero-order chi connectivity index (χ0) is 18.8. The summed E-state index contributed by atoms with van der Waals surface area (Å²) >= 11 is 9.39. The lowest BCUT2D eigenvalue weighted by atomic mass is 10.1. The van der Waals surface area contributed by atoms with Crippen molar-refractivity contribution in [2.24, 2.45) is 0 Å². The molecule has 0 aliphatic carbocycles. The van der Waals surface area contributed by atoms with Gasteiger partial charge in [-0.2, -0.15) is 0 Å². The molecule has 1 amide bonds. The molecule has 0 N–H and O–H groups in total. The molecule has 0 saturated carbocycles. The minimum atomic E-state index is -3.73. The first kappa shape index (κ1) is 19.9. The summed E-state index contributed by atoms with van der Waals surface area (Å²) in [6.45, 7) is 0.407. The van der Waals surface area contributed by atoms with Crippen LogP contribution in [0.25, 0.3) is 0 Å². The van der Waals surface area contributed by atoms with Gasteiger partial charge in [0.2, 0.25) is 10.0 Å². The first-order valence-electron chi connectivity index (χ1n) is 7.35. The van der Waals surface area contributed by atoms with Crippen LogP contribution in [0.2, 0.25) is 5.02 Å². The van der Waals surface area contributed by atoms with Gasteiger partial charge < -0.3 is 4.90 Å². The normalized spacial score (nSPS) is 11.6. The van der Waals surface area contributed by atoms with E-state index < -0.39 is 10.0 Å². The second kappa shape index (κ2) is 7.86. The zero-order valence-corrected chi connectivity index (χ0v) is 17.2. The summed E-state index contributed by atoms with van der Waals surface area (Å²) < 4.78 is 26.7. The number of carbonyl (C=O) groups is 1. The van der Waals surface area contributed by atoms with Gasteiger partial charge in [-0.1, -0.05) is 39.7 Å². The number of carbonyl (C=O) groups excluding carboxylic acids is 1. The molecule has 25 heavy (non-hydrogen) atoms. The van der Waals surface area contributed by atoms with E-state index in [1.54, 1.807) is 7.05 Å². The molecule has 0 unspecified atom stereocenters. The summed E-state index contributed by atoms with van der Waals surface area (Å²) in [6.07, 6.45) is 0. The van der Waals surface area contributed by atoms with Crippen molar-refractivity contribution in [3.05, 3.63) is 63.1 Å². The maximum atomic E-state index is 12.6. The largest absolute Gasteiger partial charge is 0.337 e. The predicted molar refractivity (Wildman–Crippen MR) is 102 cm³/mol. The Balaban J connectivity index is 2.28. The SMILES string of the molecule is CN(Cc1ccc(Br)cc1)C(=O)c1ccc(Cl)c(S(=O)(=O)N(C)C)c1. The van der Waals surface area contributed by atoms with Crippen LogP contribution >= 0.6 is 27.5 Å². The highest BCUT2D eigenvalue weighted by molar-refractivity contribution is 9.10. The smallest absolute Gasteiger partial charge is 0.253 e. The molecule has 0 radical (unpaired) electrons. The van der Waals surface area contributed by atoms with E-state index in [-0.39, 0.29) is 21.4 Å². The first-order chi connectivity index (χ1) is 11.6. The molecule has 0 aliphatic rings. The minimum absolute atomic E-state index is 0.0814. The standard InChI is InChI=1S/C17H18BrClN2O3S/c1-20(2)25(23,24)16-10-13(6-9-15(16)19)17(22)21(3)11-12-4-7-14(18)8-5-12/h4-10H,11H2,1-3H3. The van der Waals surface area contributed by atoms with Crippen LogP contribution in [0.3, 0.4) is 0 Å². The van der Waals surface area contributed by atoms with Gasteiger partial charge in [0, 0.05) is 37.7 Å². The van der Waals surface area contributed by atoms with Crippen molar-refractivity contribution < 1.29 is 13.2 Å². The fourth-order valence-electron chi connectivity index (χ4n) is 2.19. The van der Waals surface area contributed by atoms with E-state index in [1.165, 1.54) is 37.2 Å². The van der Waals surface area contributed by atoms with Crippen LogP contribution < -0.4 is 0 Å². The Hall–Kier alpha value is -1.41. The molecule has 0 atom stereocenters. The molecule has 2 rings (SSSR count). The van der Waals surface area contributed by atoms with Crippen LogP contribution in [-0.4, -0.2) is 44.7 Å². The van der Waals surface area contributed by atoms with Crippen molar-refractivity contribution in [1.29, 1.82) is 0 Å². The number of hydrogen-bond donors (Lipinski definition) is 0. The second-order valence-corrected chi connectivity index (χ2v) is 9.16. The lowest BCUT2D eigenvalue weighted by Gasteiger charge is -2.19. The third-order valence-corrected chi connectivity index (χ3v) is 6.44. The molecule has 2 aromatic carbocycles. The number of halogens is 2. The van der Waals surface area contributed by atoms with Crippen LogP contribution in [0.5, 0.6) is 0 Å². The lowest BCUT2D eigenvalue weighted by Crippen LogP contribution is -2.27. The van der Waals surface area contributed by atoms with E-state index in [1.807, 2.05) is 24.3 Å². The summed E-state index contributed by atoms with van der Waals surface area (Å²) in [5, 5.41) is 0.0841. The van der Waals surface area contributed by atoms with Crippen LogP contribution in [-0.2, 0) is 16.6 Å². The fraction of sp³-hybridized carbons (Fsp3) is 0.235. The van der Waals surface area contributed by atoms with Gasteiger partial charge in [0.25, 0.3) is 5.91 Å². The first-order valence-corrected chi connectivity index (χ1v) is 9.96. The highest BCUT2D eigenvalue weighted by Gasteiger charge is 2.23. The van der Waals surface area contributed by atoms with Gasteiger partial charge in [0.1, 0.15) is 4.90 Å². The summed E-state index contributed by atoms with van der Waals surface area (Å²) in [5.74, 6) is -0.283. The Morgan fingerprint density at radius 1 is 1.08 bits per heavy atom. The quantitative estimate of drug-likeness (QED) is 0.706. The topological polar surface area (TPSA) is 57.7 Å². The number of rotatable bonds is 5. The van der Waals surface area contributed by atoms with Gasteiger partial charge in [-0.15, -0.1) is 0 Å². The zero-order valence-electron chi connectivity index (χ0n) is 14.0. The Bertz CT molecular complexity index is 883. The average molecular weight is 446 g/mol. The summed E-state index contributed by atoms with van der Waals surface area (Å²) in [7, 11) is 0.771. The molecule has 134 valence electrons. The van der Waals surface area contributed by atoms with Crippen molar-refractivity contribution in [1.82, 2.24) is 9.21 Å². The number of hydrogen-bond acceptors (Lipinski definition) is 3. The molecule has 0 fully saturated rings. The number of amides is 1. The molecular formula is C17H18BrClN2O3S. The molecule has 0 saturated heterocycles. The summed E-state index contributed by atoms with van der Waals surface area (Å²) in [6, 6.07) is 11.9. The third kappa shape index (κ3) is 4.61. The van der Waals surface area contributed by atoms with Gasteiger partial charge in [0.05, 0.1) is 5.02 Å². The maximum Gasteiger partial charge on any atom is 0.253 e. The van der Waals surface area contributed by atoms with Crippen molar-refractivity contribution >= 4 is 43.5 Å². The Kier molecular flexibility index (Phi) is 6.26.